The van der Waals surface area contributed by atoms with Crippen LogP contribution in [0.25, 0.3) is 11.4 Å². The van der Waals surface area contributed by atoms with Crippen LogP contribution in [-0.2, 0) is 11.4 Å². The summed E-state index contributed by atoms with van der Waals surface area (Å²) in [4.78, 5) is 25.8. The van der Waals surface area contributed by atoms with Crippen molar-refractivity contribution < 1.29 is 14.3 Å². The van der Waals surface area contributed by atoms with Gasteiger partial charge in [-0.2, -0.15) is 0 Å². The third kappa shape index (κ3) is 6.07. The highest BCUT2D eigenvalue weighted by molar-refractivity contribution is 5.76. The minimum Gasteiger partial charge on any atom is -0.496 e. The van der Waals surface area contributed by atoms with E-state index in [1.54, 1.807) is 7.11 Å². The van der Waals surface area contributed by atoms with Gasteiger partial charge in [0.05, 0.1) is 30.5 Å². The first kappa shape index (κ1) is 27.4. The second-order valence-corrected chi connectivity index (χ2v) is 10.3. The summed E-state index contributed by atoms with van der Waals surface area (Å²) in [6.45, 7) is 14.0. The van der Waals surface area contributed by atoms with Crippen LogP contribution in [0.5, 0.6) is 11.5 Å². The molecule has 1 saturated heterocycles. The Bertz CT molecular complexity index is 1300. The Morgan fingerprint density at radius 1 is 1.00 bits per heavy atom. The number of primary amides is 1. The van der Waals surface area contributed by atoms with Gasteiger partial charge in [0.1, 0.15) is 23.9 Å². The van der Waals surface area contributed by atoms with Gasteiger partial charge >= 0.3 is 0 Å². The molecule has 0 bridgehead atoms. The lowest BCUT2D eigenvalue weighted by Crippen LogP contribution is -2.49. The van der Waals surface area contributed by atoms with Gasteiger partial charge < -0.3 is 20.1 Å². The number of piperazine rings is 1. The fourth-order valence-corrected chi connectivity index (χ4v) is 4.84. The van der Waals surface area contributed by atoms with Gasteiger partial charge in [0, 0.05) is 26.2 Å². The number of ether oxygens (including phenoxy) is 2. The number of anilines is 1. The Hall–Kier alpha value is -3.65. The minimum absolute atomic E-state index is 0.268. The molecule has 2 heterocycles. The lowest BCUT2D eigenvalue weighted by molar-refractivity contribution is -0.119. The van der Waals surface area contributed by atoms with Gasteiger partial charge in [-0.05, 0) is 55.5 Å². The molecule has 1 amide bonds. The zero-order chi connectivity index (χ0) is 27.4. The van der Waals surface area contributed by atoms with Gasteiger partial charge in [-0.15, -0.1) is 0 Å². The molecule has 2 N–H and O–H groups in total. The van der Waals surface area contributed by atoms with Crippen molar-refractivity contribution in [2.45, 2.75) is 47.1 Å². The lowest BCUT2D eigenvalue weighted by Gasteiger charge is -2.36. The van der Waals surface area contributed by atoms with Gasteiger partial charge in [0.25, 0.3) is 0 Å². The number of hydrogen-bond donors (Lipinski definition) is 1. The van der Waals surface area contributed by atoms with Crippen molar-refractivity contribution in [1.29, 1.82) is 0 Å². The number of rotatable bonds is 9. The lowest BCUT2D eigenvalue weighted by atomic mass is 10.0. The van der Waals surface area contributed by atoms with Crippen LogP contribution in [0, 0.1) is 20.8 Å². The van der Waals surface area contributed by atoms with E-state index in [0.29, 0.717) is 18.3 Å². The molecule has 4 rings (SSSR count). The predicted molar refractivity (Wildman–Crippen MR) is 151 cm³/mol. The van der Waals surface area contributed by atoms with E-state index in [-0.39, 0.29) is 12.5 Å². The standard InChI is InChI=1S/C30H39N5O3/c1-19(2)23-11-10-20(3)26(16-23)38-18-24-22(5)32-29(28-21(4)8-7-9-25(28)37-6)33-30(24)35-14-12-34(13-15-35)17-27(31)36/h7-11,16,19H,12-15,17-18H2,1-6H3,(H2,31,36). The number of amides is 1. The Morgan fingerprint density at radius 3 is 2.39 bits per heavy atom. The largest absolute Gasteiger partial charge is 0.496 e. The quantitative estimate of drug-likeness (QED) is 0.450. The highest BCUT2D eigenvalue weighted by Gasteiger charge is 2.25. The normalized spacial score (nSPS) is 14.1. The number of aryl methyl sites for hydroxylation is 3. The molecule has 0 aliphatic carbocycles. The number of carbonyl (C=O) groups excluding carboxylic acids is 1. The monoisotopic (exact) mass is 517 g/mol. The molecule has 1 fully saturated rings. The van der Waals surface area contributed by atoms with Gasteiger partial charge in [-0.3, -0.25) is 9.69 Å². The van der Waals surface area contributed by atoms with E-state index in [1.165, 1.54) is 5.56 Å². The number of nitrogens with two attached hydrogens (primary N) is 1. The van der Waals surface area contributed by atoms with E-state index in [9.17, 15) is 4.79 Å². The van der Waals surface area contributed by atoms with Crippen molar-refractivity contribution in [3.05, 3.63) is 64.3 Å². The van der Waals surface area contributed by atoms with Crippen LogP contribution in [0.3, 0.4) is 0 Å². The molecule has 1 aliphatic rings. The van der Waals surface area contributed by atoms with E-state index < -0.39 is 0 Å². The predicted octanol–water partition coefficient (Wildman–Crippen LogP) is 4.39. The van der Waals surface area contributed by atoms with E-state index in [1.807, 2.05) is 32.0 Å². The molecular formula is C30H39N5O3. The highest BCUT2D eigenvalue weighted by Crippen LogP contribution is 2.34. The van der Waals surface area contributed by atoms with Crippen LogP contribution in [-0.4, -0.2) is 60.6 Å². The SMILES string of the molecule is COc1cccc(C)c1-c1nc(C)c(COc2cc(C(C)C)ccc2C)c(N2CCN(CC(N)=O)CC2)n1. The fraction of sp³-hybridized carbons (Fsp3) is 0.433. The van der Waals surface area contributed by atoms with Crippen molar-refractivity contribution in [2.24, 2.45) is 5.73 Å². The van der Waals surface area contributed by atoms with Crippen molar-refractivity contribution in [2.75, 3.05) is 44.7 Å². The average molecular weight is 518 g/mol. The zero-order valence-electron chi connectivity index (χ0n) is 23.4. The zero-order valence-corrected chi connectivity index (χ0v) is 23.4. The van der Waals surface area contributed by atoms with Crippen LogP contribution < -0.4 is 20.1 Å². The van der Waals surface area contributed by atoms with Crippen LogP contribution in [0.1, 0.15) is 47.7 Å². The Balaban J connectivity index is 1.72. The van der Waals surface area contributed by atoms with Gasteiger partial charge in [-0.1, -0.05) is 38.1 Å². The highest BCUT2D eigenvalue weighted by atomic mass is 16.5. The molecular weight excluding hydrogens is 478 g/mol. The third-order valence-corrected chi connectivity index (χ3v) is 7.17. The van der Waals surface area contributed by atoms with Crippen molar-refractivity contribution in [1.82, 2.24) is 14.9 Å². The molecule has 8 nitrogen and oxygen atoms in total. The second-order valence-electron chi connectivity index (χ2n) is 10.3. The molecule has 0 radical (unpaired) electrons. The van der Waals surface area contributed by atoms with Gasteiger partial charge in [0.2, 0.25) is 5.91 Å². The van der Waals surface area contributed by atoms with E-state index in [4.69, 9.17) is 25.2 Å². The molecule has 202 valence electrons. The topological polar surface area (TPSA) is 93.8 Å². The Kier molecular flexibility index (Phi) is 8.52. The maximum atomic E-state index is 11.4. The van der Waals surface area contributed by atoms with E-state index in [0.717, 1.165) is 71.4 Å². The summed E-state index contributed by atoms with van der Waals surface area (Å²) in [6, 6.07) is 12.3. The molecule has 0 unspecified atom stereocenters. The van der Waals surface area contributed by atoms with Crippen LogP contribution in [0.15, 0.2) is 36.4 Å². The van der Waals surface area contributed by atoms with E-state index in [2.05, 4.69) is 48.8 Å². The first-order valence-corrected chi connectivity index (χ1v) is 13.2. The van der Waals surface area contributed by atoms with Crippen molar-refractivity contribution >= 4 is 11.7 Å². The Morgan fingerprint density at radius 2 is 1.74 bits per heavy atom. The van der Waals surface area contributed by atoms with Gasteiger partial charge in [0.15, 0.2) is 5.82 Å². The molecule has 3 aromatic rings. The first-order valence-electron chi connectivity index (χ1n) is 13.2. The number of methoxy groups -OCH3 is 1. The van der Waals surface area contributed by atoms with Crippen LogP contribution >= 0.6 is 0 Å². The maximum Gasteiger partial charge on any atom is 0.231 e. The molecule has 0 atom stereocenters. The molecule has 1 aliphatic heterocycles. The summed E-state index contributed by atoms with van der Waals surface area (Å²) in [5.41, 5.74) is 11.5. The second kappa shape index (κ2) is 11.8. The maximum absolute atomic E-state index is 11.4. The third-order valence-electron chi connectivity index (χ3n) is 7.17. The average Bonchev–Trinajstić information content (AvgIpc) is 2.88. The van der Waals surface area contributed by atoms with Crippen molar-refractivity contribution in [3.63, 3.8) is 0 Å². The van der Waals surface area contributed by atoms with Crippen LogP contribution in [0.4, 0.5) is 5.82 Å². The van der Waals surface area contributed by atoms with E-state index >= 15 is 0 Å². The van der Waals surface area contributed by atoms with Crippen molar-refractivity contribution in [3.8, 4) is 22.9 Å². The summed E-state index contributed by atoms with van der Waals surface area (Å²) in [6.07, 6.45) is 0. The molecule has 1 aromatic heterocycles. The fourth-order valence-electron chi connectivity index (χ4n) is 4.84. The smallest absolute Gasteiger partial charge is 0.231 e. The number of hydrogen-bond acceptors (Lipinski definition) is 7. The first-order chi connectivity index (χ1) is 18.2. The number of aromatic nitrogens is 2. The number of carbonyl (C=O) groups is 1. The molecule has 0 saturated carbocycles. The molecule has 8 heteroatoms. The Labute approximate surface area is 225 Å². The number of benzene rings is 2. The molecule has 0 spiro atoms. The summed E-state index contributed by atoms with van der Waals surface area (Å²) >= 11 is 0. The summed E-state index contributed by atoms with van der Waals surface area (Å²) < 4.78 is 12.1. The van der Waals surface area contributed by atoms with Crippen LogP contribution in [0.2, 0.25) is 0 Å². The summed E-state index contributed by atoms with van der Waals surface area (Å²) in [7, 11) is 1.67. The number of nitrogens with zero attached hydrogens (tertiary/aromatic N) is 4. The summed E-state index contributed by atoms with van der Waals surface area (Å²) in [5.74, 6) is 3.21. The summed E-state index contributed by atoms with van der Waals surface area (Å²) in [5, 5.41) is 0. The van der Waals surface area contributed by atoms with Gasteiger partial charge in [-0.25, -0.2) is 9.97 Å². The molecule has 38 heavy (non-hydrogen) atoms. The molecule has 2 aromatic carbocycles. The minimum atomic E-state index is -0.307.